The zero-order chi connectivity index (χ0) is 23.1. The quantitative estimate of drug-likeness (QED) is 0.595. The summed E-state index contributed by atoms with van der Waals surface area (Å²) in [5, 5.41) is 2.90. The SMILES string of the molecule is CCCCC(C)(C)C(=O)N(C)CCOc1ccc2c(c1)C[C@H](C(=O)Nc1ccccn1)C2. The van der Waals surface area contributed by atoms with E-state index in [0.29, 0.717) is 25.4 Å². The number of anilines is 1. The van der Waals surface area contributed by atoms with Crippen molar-refractivity contribution < 1.29 is 14.3 Å². The summed E-state index contributed by atoms with van der Waals surface area (Å²) < 4.78 is 5.93. The van der Waals surface area contributed by atoms with E-state index in [1.807, 2.05) is 51.2 Å². The van der Waals surface area contributed by atoms with Gasteiger partial charge in [-0.2, -0.15) is 0 Å². The van der Waals surface area contributed by atoms with E-state index in [2.05, 4.69) is 17.2 Å². The molecule has 1 aromatic carbocycles. The lowest BCUT2D eigenvalue weighted by molar-refractivity contribution is -0.139. The maximum Gasteiger partial charge on any atom is 0.229 e. The van der Waals surface area contributed by atoms with Crippen LogP contribution in [0.15, 0.2) is 42.6 Å². The molecule has 32 heavy (non-hydrogen) atoms. The Bertz CT molecular complexity index is 927. The van der Waals surface area contributed by atoms with E-state index >= 15 is 0 Å². The minimum Gasteiger partial charge on any atom is -0.492 e. The van der Waals surface area contributed by atoms with Gasteiger partial charge in [-0.05, 0) is 54.7 Å². The molecule has 0 radical (unpaired) electrons. The largest absolute Gasteiger partial charge is 0.492 e. The number of nitrogens with one attached hydrogen (secondary N) is 1. The Morgan fingerprint density at radius 2 is 1.97 bits per heavy atom. The number of likely N-dealkylation sites (N-methyl/N-ethyl adjacent to an activating group) is 1. The highest BCUT2D eigenvalue weighted by molar-refractivity contribution is 5.92. The molecule has 0 aliphatic heterocycles. The van der Waals surface area contributed by atoms with Crippen LogP contribution in [0, 0.1) is 11.3 Å². The predicted molar refractivity (Wildman–Crippen MR) is 127 cm³/mol. The van der Waals surface area contributed by atoms with Crippen LogP contribution < -0.4 is 10.1 Å². The zero-order valence-corrected chi connectivity index (χ0v) is 19.7. The molecule has 1 N–H and O–H groups in total. The van der Waals surface area contributed by atoms with E-state index < -0.39 is 0 Å². The van der Waals surface area contributed by atoms with E-state index in [4.69, 9.17) is 4.74 Å². The Morgan fingerprint density at radius 1 is 1.19 bits per heavy atom. The van der Waals surface area contributed by atoms with Crippen LogP contribution in [0.25, 0.3) is 0 Å². The van der Waals surface area contributed by atoms with Gasteiger partial charge in [0.05, 0.1) is 6.54 Å². The smallest absolute Gasteiger partial charge is 0.229 e. The number of ether oxygens (including phenoxy) is 1. The standard InChI is InChI=1S/C26H35N3O3/c1-5-6-12-26(2,3)25(31)29(4)14-15-32-22-11-10-19-16-21(17-20(19)18-22)24(30)28-23-9-7-8-13-27-23/h7-11,13,18,21H,5-6,12,14-17H2,1-4H3,(H,27,28,30)/t21-/m1/s1. The normalized spacial score (nSPS) is 15.2. The summed E-state index contributed by atoms with van der Waals surface area (Å²) in [4.78, 5) is 31.3. The maximum atomic E-state index is 12.7. The van der Waals surface area contributed by atoms with Crippen molar-refractivity contribution in [3.63, 3.8) is 0 Å². The number of benzene rings is 1. The van der Waals surface area contributed by atoms with Gasteiger partial charge in [0.15, 0.2) is 0 Å². The highest BCUT2D eigenvalue weighted by atomic mass is 16.5. The van der Waals surface area contributed by atoms with Gasteiger partial charge in [0.1, 0.15) is 18.2 Å². The number of rotatable bonds is 10. The summed E-state index contributed by atoms with van der Waals surface area (Å²) in [6.45, 7) is 7.16. The summed E-state index contributed by atoms with van der Waals surface area (Å²) in [5.74, 6) is 1.41. The molecule has 0 fully saturated rings. The van der Waals surface area contributed by atoms with Crippen molar-refractivity contribution in [1.82, 2.24) is 9.88 Å². The van der Waals surface area contributed by atoms with Crippen molar-refractivity contribution in [3.05, 3.63) is 53.7 Å². The number of aromatic nitrogens is 1. The lowest BCUT2D eigenvalue weighted by Crippen LogP contribution is -2.40. The number of amides is 2. The van der Waals surface area contributed by atoms with E-state index in [1.165, 1.54) is 5.56 Å². The van der Waals surface area contributed by atoms with Crippen LogP contribution in [0.3, 0.4) is 0 Å². The molecule has 1 atom stereocenters. The maximum absolute atomic E-state index is 12.7. The Morgan fingerprint density at radius 3 is 2.69 bits per heavy atom. The number of hydrogen-bond acceptors (Lipinski definition) is 4. The van der Waals surface area contributed by atoms with Crippen LogP contribution in [0.2, 0.25) is 0 Å². The highest BCUT2D eigenvalue weighted by Gasteiger charge is 2.30. The molecular weight excluding hydrogens is 402 g/mol. The number of nitrogens with zero attached hydrogens (tertiary/aromatic N) is 2. The summed E-state index contributed by atoms with van der Waals surface area (Å²) in [5.41, 5.74) is 1.99. The summed E-state index contributed by atoms with van der Waals surface area (Å²) in [6, 6.07) is 11.5. The molecule has 1 aromatic heterocycles. The fraction of sp³-hybridized carbons (Fsp3) is 0.500. The summed E-state index contributed by atoms with van der Waals surface area (Å²) >= 11 is 0. The van der Waals surface area contributed by atoms with Crippen molar-refractivity contribution in [3.8, 4) is 5.75 Å². The lowest BCUT2D eigenvalue weighted by atomic mass is 9.86. The third-order valence-electron chi connectivity index (χ3n) is 6.17. The van der Waals surface area contributed by atoms with Gasteiger partial charge >= 0.3 is 0 Å². The Balaban J connectivity index is 1.49. The number of pyridine rings is 1. The van der Waals surface area contributed by atoms with E-state index in [9.17, 15) is 9.59 Å². The highest BCUT2D eigenvalue weighted by Crippen LogP contribution is 2.31. The first-order valence-corrected chi connectivity index (χ1v) is 11.5. The van der Waals surface area contributed by atoms with E-state index in [1.54, 1.807) is 17.2 Å². The second kappa shape index (κ2) is 10.6. The second-order valence-electron chi connectivity index (χ2n) is 9.30. The van der Waals surface area contributed by atoms with Gasteiger partial charge in [-0.3, -0.25) is 9.59 Å². The average molecular weight is 438 g/mol. The molecule has 172 valence electrons. The molecule has 6 nitrogen and oxygen atoms in total. The van der Waals surface area contributed by atoms with Crippen molar-refractivity contribution in [1.29, 1.82) is 0 Å². The topological polar surface area (TPSA) is 71.5 Å². The molecule has 0 spiro atoms. The summed E-state index contributed by atoms with van der Waals surface area (Å²) in [6.07, 6.45) is 6.12. The number of fused-ring (bicyclic) bond motifs is 1. The molecule has 0 unspecified atom stereocenters. The predicted octanol–water partition coefficient (Wildman–Crippen LogP) is 4.49. The average Bonchev–Trinajstić information content (AvgIpc) is 3.21. The lowest BCUT2D eigenvalue weighted by Gasteiger charge is -2.29. The molecule has 1 aliphatic carbocycles. The van der Waals surface area contributed by atoms with Crippen molar-refractivity contribution in [2.45, 2.75) is 52.9 Å². The van der Waals surface area contributed by atoms with Gasteiger partial charge in [-0.1, -0.05) is 45.7 Å². The van der Waals surface area contributed by atoms with Crippen LogP contribution in [-0.4, -0.2) is 41.9 Å². The Hall–Kier alpha value is -2.89. The van der Waals surface area contributed by atoms with Crippen molar-refractivity contribution >= 4 is 17.6 Å². The molecular formula is C26H35N3O3. The van der Waals surface area contributed by atoms with Crippen LogP contribution in [-0.2, 0) is 22.4 Å². The summed E-state index contributed by atoms with van der Waals surface area (Å²) in [7, 11) is 1.84. The molecule has 0 saturated heterocycles. The minimum atomic E-state index is -0.344. The molecule has 1 heterocycles. The first kappa shape index (κ1) is 23.8. The molecule has 0 bridgehead atoms. The van der Waals surface area contributed by atoms with E-state index in [-0.39, 0.29) is 23.1 Å². The number of hydrogen-bond donors (Lipinski definition) is 1. The van der Waals surface area contributed by atoms with Crippen LogP contribution in [0.1, 0.15) is 51.2 Å². The van der Waals surface area contributed by atoms with Crippen LogP contribution in [0.4, 0.5) is 5.82 Å². The minimum absolute atomic E-state index is 0.00630. The Labute approximate surface area is 191 Å². The first-order valence-electron chi connectivity index (χ1n) is 11.5. The molecule has 2 aromatic rings. The molecule has 3 rings (SSSR count). The van der Waals surface area contributed by atoms with Crippen molar-refractivity contribution in [2.24, 2.45) is 11.3 Å². The van der Waals surface area contributed by atoms with Gasteiger partial charge < -0.3 is 15.0 Å². The second-order valence-corrected chi connectivity index (χ2v) is 9.30. The fourth-order valence-electron chi connectivity index (χ4n) is 4.18. The van der Waals surface area contributed by atoms with Gasteiger partial charge in [0.2, 0.25) is 11.8 Å². The number of unbranched alkanes of at least 4 members (excludes halogenated alkanes) is 1. The fourth-order valence-corrected chi connectivity index (χ4v) is 4.18. The van der Waals surface area contributed by atoms with Gasteiger partial charge in [-0.15, -0.1) is 0 Å². The Kier molecular flexibility index (Phi) is 7.89. The van der Waals surface area contributed by atoms with Gasteiger partial charge in [0, 0.05) is 24.6 Å². The zero-order valence-electron chi connectivity index (χ0n) is 19.7. The van der Waals surface area contributed by atoms with Crippen molar-refractivity contribution in [2.75, 3.05) is 25.5 Å². The van der Waals surface area contributed by atoms with Gasteiger partial charge in [-0.25, -0.2) is 4.98 Å². The number of carbonyl (C=O) groups is 2. The number of carbonyl (C=O) groups excluding carboxylic acids is 2. The molecule has 0 saturated carbocycles. The monoisotopic (exact) mass is 437 g/mol. The third kappa shape index (κ3) is 6.09. The van der Waals surface area contributed by atoms with E-state index in [0.717, 1.165) is 37.0 Å². The molecule has 1 aliphatic rings. The first-order chi connectivity index (χ1) is 15.3. The third-order valence-corrected chi connectivity index (χ3v) is 6.17. The van der Waals surface area contributed by atoms with Gasteiger partial charge in [0.25, 0.3) is 0 Å². The van der Waals surface area contributed by atoms with Crippen LogP contribution in [0.5, 0.6) is 5.75 Å². The molecule has 2 amide bonds. The molecule has 6 heteroatoms. The van der Waals surface area contributed by atoms with Crippen LogP contribution >= 0.6 is 0 Å².